The van der Waals surface area contributed by atoms with Crippen molar-refractivity contribution < 1.29 is 140 Å². The van der Waals surface area contributed by atoms with Crippen molar-refractivity contribution in [2.45, 2.75) is 25.5 Å². The number of nitrogen functional groups attached to an aromatic ring is 1. The molecular weight excluding hydrogens is 484 g/mol. The number of carboxylic acid groups (broad SMARTS) is 1. The predicted molar refractivity (Wildman–Crippen MR) is 86.6 cm³/mol. The van der Waals surface area contributed by atoms with E-state index in [2.05, 4.69) is 15.5 Å². The number of anilines is 1. The first-order chi connectivity index (χ1) is 12.3. The SMILES string of the molecule is CC(C)(O/N=C(\C(=O)N[C@H]1CN(S(=O)(=O)[O-])C1=O)c1csc(N)n1)C(=O)[O-].[K+].[K+]. The summed E-state index contributed by atoms with van der Waals surface area (Å²) in [6, 6.07) is -1.28. The number of amides is 2. The molecule has 2 rings (SSSR count). The maximum Gasteiger partial charge on any atom is 1.00 e. The smallest absolute Gasteiger partial charge is 0.731 e. The van der Waals surface area contributed by atoms with Crippen molar-refractivity contribution in [3.8, 4) is 0 Å². The van der Waals surface area contributed by atoms with Crippen LogP contribution in [0.15, 0.2) is 10.5 Å². The molecule has 0 unspecified atom stereocenters. The van der Waals surface area contributed by atoms with E-state index in [1.54, 1.807) is 0 Å². The summed E-state index contributed by atoms with van der Waals surface area (Å²) >= 11 is 0.959. The number of hydrogen-bond donors (Lipinski definition) is 2. The third kappa shape index (κ3) is 7.54. The van der Waals surface area contributed by atoms with Crippen LogP contribution in [0.3, 0.4) is 0 Å². The summed E-state index contributed by atoms with van der Waals surface area (Å²) in [4.78, 5) is 43.7. The average Bonchev–Trinajstić information content (AvgIpc) is 2.95. The minimum Gasteiger partial charge on any atom is -0.731 e. The first kappa shape index (κ1) is 29.5. The van der Waals surface area contributed by atoms with Crippen LogP contribution >= 0.6 is 11.3 Å². The van der Waals surface area contributed by atoms with Crippen molar-refractivity contribution in [1.29, 1.82) is 0 Å². The Hall–Kier alpha value is 0.493. The standard InChI is InChI=1S/C12H15N5O8S2.2K/c1-12(2,10(20)21)25-16-7(6-4-26-11(13)15-6)8(18)14-5-3-17(9(5)19)27(22,23)24;;/h4-5H,3H2,1-2H3,(H2,13,15)(H,14,18)(H,20,21)(H,22,23,24);;/q;2*+1/p-2/b16-7-;;/t5-;;/m0../s1. The van der Waals surface area contributed by atoms with E-state index in [0.717, 1.165) is 25.2 Å². The van der Waals surface area contributed by atoms with Crippen molar-refractivity contribution in [2.75, 3.05) is 12.3 Å². The van der Waals surface area contributed by atoms with Gasteiger partial charge in [0.05, 0.1) is 12.5 Å². The molecule has 1 atom stereocenters. The van der Waals surface area contributed by atoms with E-state index in [1.807, 2.05) is 0 Å². The number of nitrogens with two attached hydrogens (primary N) is 1. The molecule has 17 heteroatoms. The largest absolute Gasteiger partial charge is 1.00 e. The van der Waals surface area contributed by atoms with Crippen LogP contribution in [0.2, 0.25) is 0 Å². The zero-order valence-corrected chi connectivity index (χ0v) is 23.7. The Morgan fingerprint density at radius 2 is 2.03 bits per heavy atom. The van der Waals surface area contributed by atoms with Gasteiger partial charge in [-0.1, -0.05) is 5.16 Å². The molecule has 29 heavy (non-hydrogen) atoms. The zero-order chi connectivity index (χ0) is 20.6. The van der Waals surface area contributed by atoms with Gasteiger partial charge in [-0.2, -0.15) is 0 Å². The Morgan fingerprint density at radius 3 is 2.45 bits per heavy atom. The Labute approximate surface area is 254 Å². The van der Waals surface area contributed by atoms with Crippen LogP contribution < -0.4 is 119 Å². The minimum absolute atomic E-state index is 0. The van der Waals surface area contributed by atoms with Gasteiger partial charge in [0.25, 0.3) is 11.8 Å². The summed E-state index contributed by atoms with van der Waals surface area (Å²) < 4.78 is 32.4. The molecule has 13 nitrogen and oxygen atoms in total. The van der Waals surface area contributed by atoms with Crippen LogP contribution in [-0.4, -0.2) is 63.9 Å². The van der Waals surface area contributed by atoms with E-state index in [4.69, 9.17) is 10.6 Å². The molecule has 3 N–H and O–H groups in total. The number of β-lactam (4-membered cyclic amide) rings is 1. The number of oxime groups is 1. The fourth-order valence-electron chi connectivity index (χ4n) is 1.73. The van der Waals surface area contributed by atoms with Gasteiger partial charge in [0, 0.05) is 5.38 Å². The van der Waals surface area contributed by atoms with E-state index in [1.165, 1.54) is 5.38 Å². The van der Waals surface area contributed by atoms with Crippen molar-refractivity contribution in [1.82, 2.24) is 14.6 Å². The molecule has 0 saturated carbocycles. The number of aliphatic carboxylic acids is 1. The molecule has 1 aromatic rings. The van der Waals surface area contributed by atoms with E-state index < -0.39 is 52.0 Å². The van der Waals surface area contributed by atoms with E-state index in [0.29, 0.717) is 0 Å². The molecule has 2 amide bonds. The van der Waals surface area contributed by atoms with Crippen molar-refractivity contribution >= 4 is 50.3 Å². The summed E-state index contributed by atoms with van der Waals surface area (Å²) in [6.07, 6.45) is 0. The molecule has 0 spiro atoms. The first-order valence-electron chi connectivity index (χ1n) is 7.10. The molecule has 1 aromatic heterocycles. The molecule has 1 fully saturated rings. The first-order valence-corrected chi connectivity index (χ1v) is 9.34. The van der Waals surface area contributed by atoms with Crippen molar-refractivity contribution in [3.63, 3.8) is 0 Å². The number of nitrogens with zero attached hydrogens (tertiary/aromatic N) is 3. The van der Waals surface area contributed by atoms with Crippen LogP contribution in [0.1, 0.15) is 19.5 Å². The summed E-state index contributed by atoms with van der Waals surface area (Å²) in [5, 5.41) is 18.0. The molecule has 0 radical (unpaired) electrons. The molecule has 1 aliphatic heterocycles. The van der Waals surface area contributed by atoms with Gasteiger partial charge >= 0.3 is 103 Å². The van der Waals surface area contributed by atoms with Crippen LogP contribution in [0.4, 0.5) is 5.13 Å². The quantitative estimate of drug-likeness (QED) is 0.119. The van der Waals surface area contributed by atoms with Crippen molar-refractivity contribution in [2.24, 2.45) is 5.16 Å². The summed E-state index contributed by atoms with van der Waals surface area (Å²) in [6.45, 7) is 1.71. The minimum atomic E-state index is -4.96. The number of carboxylic acids is 1. The average molecular weight is 498 g/mol. The fraction of sp³-hybridized carbons (Fsp3) is 0.417. The second-order valence-corrected chi connectivity index (χ2v) is 7.94. The molecule has 1 saturated heterocycles. The Morgan fingerprint density at radius 1 is 1.45 bits per heavy atom. The van der Waals surface area contributed by atoms with Gasteiger partial charge in [0.1, 0.15) is 11.7 Å². The van der Waals surface area contributed by atoms with Crippen molar-refractivity contribution in [3.05, 3.63) is 11.1 Å². The number of carbonyl (C=O) groups is 3. The Bertz CT molecular complexity index is 932. The number of carbonyl (C=O) groups excluding carboxylic acids is 3. The van der Waals surface area contributed by atoms with E-state index in [-0.39, 0.29) is 118 Å². The number of thiazole rings is 1. The summed E-state index contributed by atoms with van der Waals surface area (Å²) in [7, 11) is -4.96. The molecular formula is C12H13K2N5O8S2. The second-order valence-electron chi connectivity index (χ2n) is 5.75. The van der Waals surface area contributed by atoms with Gasteiger partial charge in [0.2, 0.25) is 0 Å². The van der Waals surface area contributed by atoms with Gasteiger partial charge < -0.3 is 30.3 Å². The van der Waals surface area contributed by atoms with Crippen LogP contribution in [-0.2, 0) is 29.5 Å². The number of aromatic nitrogens is 1. The van der Waals surface area contributed by atoms with Gasteiger partial charge in [-0.3, -0.25) is 9.59 Å². The van der Waals surface area contributed by atoms with Gasteiger partial charge in [-0.25, -0.2) is 17.7 Å². The predicted octanol–water partition coefficient (Wildman–Crippen LogP) is -9.23. The maximum atomic E-state index is 12.4. The number of nitrogens with one attached hydrogen (secondary N) is 1. The van der Waals surface area contributed by atoms with Gasteiger partial charge in [-0.05, 0) is 13.8 Å². The Balaban J connectivity index is 0.00000392. The van der Waals surface area contributed by atoms with Gasteiger partial charge in [-0.15, -0.1) is 11.3 Å². The van der Waals surface area contributed by atoms with Crippen LogP contribution in [0.5, 0.6) is 0 Å². The van der Waals surface area contributed by atoms with Crippen LogP contribution in [0, 0.1) is 0 Å². The van der Waals surface area contributed by atoms with Crippen LogP contribution in [0.25, 0.3) is 0 Å². The van der Waals surface area contributed by atoms with E-state index in [9.17, 15) is 32.5 Å². The molecule has 2 heterocycles. The third-order valence-corrected chi connectivity index (χ3v) is 4.85. The third-order valence-electron chi connectivity index (χ3n) is 3.30. The normalized spacial score (nSPS) is 16.8. The summed E-state index contributed by atoms with van der Waals surface area (Å²) in [5.41, 5.74) is 3.03. The maximum absolute atomic E-state index is 12.4. The molecule has 1 aliphatic rings. The summed E-state index contributed by atoms with van der Waals surface area (Å²) in [5.74, 6) is -3.74. The second kappa shape index (κ2) is 11.4. The number of hydrogen-bond acceptors (Lipinski definition) is 12. The number of rotatable bonds is 7. The van der Waals surface area contributed by atoms with E-state index >= 15 is 0 Å². The molecule has 0 aromatic carbocycles. The molecule has 148 valence electrons. The fourth-order valence-corrected chi connectivity index (χ4v) is 2.96. The molecule has 0 aliphatic carbocycles. The topological polar surface area (TPSA) is 207 Å². The zero-order valence-electron chi connectivity index (χ0n) is 15.9. The Kier molecular flexibility index (Phi) is 11.6. The molecule has 0 bridgehead atoms. The monoisotopic (exact) mass is 497 g/mol. The van der Waals surface area contributed by atoms with Gasteiger partial charge in [0.15, 0.2) is 26.7 Å².